The van der Waals surface area contributed by atoms with Gasteiger partial charge in [0, 0.05) is 13.2 Å². The van der Waals surface area contributed by atoms with Crippen molar-refractivity contribution in [3.05, 3.63) is 0 Å². The van der Waals surface area contributed by atoms with Crippen LogP contribution in [0, 0.1) is 0 Å². The van der Waals surface area contributed by atoms with Gasteiger partial charge in [-0.3, -0.25) is 9.69 Å². The first-order chi connectivity index (χ1) is 6.24. The summed E-state index contributed by atoms with van der Waals surface area (Å²) in [5.74, 6) is 0.191. The number of likely N-dealkylation sites (tertiary alicyclic amines) is 1. The Kier molecular flexibility index (Phi) is 4.39. The van der Waals surface area contributed by atoms with Crippen LogP contribution in [0.2, 0.25) is 0 Å². The summed E-state index contributed by atoms with van der Waals surface area (Å²) in [5, 5.41) is 0. The van der Waals surface area contributed by atoms with E-state index < -0.39 is 0 Å². The number of piperidine rings is 1. The lowest BCUT2D eigenvalue weighted by Gasteiger charge is -2.32. The van der Waals surface area contributed by atoms with Crippen LogP contribution < -0.4 is 0 Å². The molecule has 1 aliphatic rings. The minimum absolute atomic E-state index is 0.191. The second kappa shape index (κ2) is 5.35. The summed E-state index contributed by atoms with van der Waals surface area (Å²) < 4.78 is 4.80. The monoisotopic (exact) mass is 185 g/mol. The van der Waals surface area contributed by atoms with E-state index in [2.05, 4.69) is 11.8 Å². The molecule has 0 aromatic carbocycles. The summed E-state index contributed by atoms with van der Waals surface area (Å²) in [7, 11) is 1.57. The quantitative estimate of drug-likeness (QED) is 0.656. The molecule has 1 rings (SSSR count). The molecule has 0 amide bonds. The number of hydrogen-bond donors (Lipinski definition) is 0. The molecule has 0 saturated carbocycles. The third-order valence-corrected chi connectivity index (χ3v) is 2.63. The van der Waals surface area contributed by atoms with Crippen molar-refractivity contribution in [3.8, 4) is 0 Å². The predicted molar refractivity (Wildman–Crippen MR) is 51.8 cm³/mol. The fourth-order valence-electron chi connectivity index (χ4n) is 1.83. The van der Waals surface area contributed by atoms with E-state index in [-0.39, 0.29) is 12.4 Å². The Hall–Kier alpha value is -0.410. The molecule has 0 aliphatic carbocycles. The molecule has 0 radical (unpaired) electrons. The Morgan fingerprint density at radius 3 is 2.92 bits per heavy atom. The molecular weight excluding hydrogens is 166 g/mol. The van der Waals surface area contributed by atoms with Crippen LogP contribution in [0.4, 0.5) is 0 Å². The Labute approximate surface area is 80.1 Å². The summed E-state index contributed by atoms with van der Waals surface area (Å²) in [6.07, 6.45) is 3.75. The predicted octanol–water partition coefficient (Wildman–Crippen LogP) is 1.08. The van der Waals surface area contributed by atoms with Crippen molar-refractivity contribution < 1.29 is 9.53 Å². The number of Topliss-reactive ketones (excluding diaryl/α,β-unsaturated/α-hetero) is 1. The van der Waals surface area contributed by atoms with Crippen molar-refractivity contribution in [1.82, 2.24) is 4.90 Å². The highest BCUT2D eigenvalue weighted by Crippen LogP contribution is 2.15. The van der Waals surface area contributed by atoms with Gasteiger partial charge in [0.15, 0.2) is 5.78 Å². The summed E-state index contributed by atoms with van der Waals surface area (Å²) in [6, 6.07) is 0.564. The normalized spacial score (nSPS) is 24.6. The number of rotatable bonds is 4. The first-order valence-corrected chi connectivity index (χ1v) is 4.98. The molecule has 0 aromatic rings. The molecule has 1 saturated heterocycles. The molecule has 0 aromatic heterocycles. The SMILES string of the molecule is COCC(=O)CN1CCCCC1C. The van der Waals surface area contributed by atoms with Crippen LogP contribution in [0.1, 0.15) is 26.2 Å². The Balaban J connectivity index is 2.29. The number of methoxy groups -OCH3 is 1. The van der Waals surface area contributed by atoms with Crippen molar-refractivity contribution in [2.45, 2.75) is 32.2 Å². The van der Waals surface area contributed by atoms with E-state index in [1.165, 1.54) is 19.3 Å². The van der Waals surface area contributed by atoms with Crippen LogP contribution in [-0.4, -0.2) is 43.5 Å². The highest BCUT2D eigenvalue weighted by molar-refractivity contribution is 5.81. The highest BCUT2D eigenvalue weighted by atomic mass is 16.5. The third kappa shape index (κ3) is 3.44. The van der Waals surface area contributed by atoms with Gasteiger partial charge in [0.05, 0.1) is 6.54 Å². The number of carbonyl (C=O) groups is 1. The van der Waals surface area contributed by atoms with Crippen molar-refractivity contribution >= 4 is 5.78 Å². The Morgan fingerprint density at radius 1 is 1.54 bits per heavy atom. The van der Waals surface area contributed by atoms with Gasteiger partial charge < -0.3 is 4.74 Å². The molecule has 1 aliphatic heterocycles. The first-order valence-electron chi connectivity index (χ1n) is 4.98. The minimum Gasteiger partial charge on any atom is -0.377 e. The molecule has 0 spiro atoms. The van der Waals surface area contributed by atoms with E-state index in [4.69, 9.17) is 4.74 Å². The smallest absolute Gasteiger partial charge is 0.172 e. The maximum atomic E-state index is 11.3. The molecule has 0 N–H and O–H groups in total. The van der Waals surface area contributed by atoms with Crippen molar-refractivity contribution in [2.24, 2.45) is 0 Å². The van der Waals surface area contributed by atoms with E-state index >= 15 is 0 Å². The average Bonchev–Trinajstić information content (AvgIpc) is 2.09. The van der Waals surface area contributed by atoms with Crippen molar-refractivity contribution in [1.29, 1.82) is 0 Å². The second-order valence-electron chi connectivity index (χ2n) is 3.79. The number of ether oxygens (including phenoxy) is 1. The zero-order chi connectivity index (χ0) is 9.68. The number of hydrogen-bond acceptors (Lipinski definition) is 3. The van der Waals surface area contributed by atoms with Crippen LogP contribution in [0.5, 0.6) is 0 Å². The number of carbonyl (C=O) groups excluding carboxylic acids is 1. The second-order valence-corrected chi connectivity index (χ2v) is 3.79. The fraction of sp³-hybridized carbons (Fsp3) is 0.900. The third-order valence-electron chi connectivity index (χ3n) is 2.63. The Morgan fingerprint density at radius 2 is 2.31 bits per heavy atom. The van der Waals surface area contributed by atoms with E-state index in [0.717, 1.165) is 6.54 Å². The standard InChI is InChI=1S/C10H19NO2/c1-9-5-3-4-6-11(9)7-10(12)8-13-2/h9H,3-8H2,1-2H3. The van der Waals surface area contributed by atoms with Gasteiger partial charge in [-0.1, -0.05) is 6.42 Å². The van der Waals surface area contributed by atoms with Gasteiger partial charge in [-0.25, -0.2) is 0 Å². The van der Waals surface area contributed by atoms with Crippen molar-refractivity contribution in [2.75, 3.05) is 26.8 Å². The van der Waals surface area contributed by atoms with Gasteiger partial charge in [-0.2, -0.15) is 0 Å². The number of ketones is 1. The van der Waals surface area contributed by atoms with Gasteiger partial charge in [0.2, 0.25) is 0 Å². The molecule has 3 nitrogen and oxygen atoms in total. The van der Waals surface area contributed by atoms with Gasteiger partial charge in [0.25, 0.3) is 0 Å². The maximum absolute atomic E-state index is 11.3. The van der Waals surface area contributed by atoms with Gasteiger partial charge in [-0.05, 0) is 26.3 Å². The summed E-state index contributed by atoms with van der Waals surface area (Å²) in [6.45, 7) is 4.08. The Bertz CT molecular complexity index is 170. The molecule has 1 atom stereocenters. The molecule has 0 bridgehead atoms. The molecule has 1 fully saturated rings. The van der Waals surface area contributed by atoms with Crippen LogP contribution in [0.15, 0.2) is 0 Å². The average molecular weight is 185 g/mol. The maximum Gasteiger partial charge on any atom is 0.172 e. The molecular formula is C10H19NO2. The minimum atomic E-state index is 0.191. The molecule has 13 heavy (non-hydrogen) atoms. The van der Waals surface area contributed by atoms with Crippen LogP contribution in [0.3, 0.4) is 0 Å². The summed E-state index contributed by atoms with van der Waals surface area (Å²) in [4.78, 5) is 13.5. The lowest BCUT2D eigenvalue weighted by molar-refractivity contribution is -0.124. The van der Waals surface area contributed by atoms with E-state index in [9.17, 15) is 4.79 Å². The zero-order valence-electron chi connectivity index (χ0n) is 8.58. The first kappa shape index (κ1) is 10.7. The van der Waals surface area contributed by atoms with Gasteiger partial charge >= 0.3 is 0 Å². The van der Waals surface area contributed by atoms with E-state index in [1.54, 1.807) is 7.11 Å². The molecule has 1 heterocycles. The van der Waals surface area contributed by atoms with Crippen LogP contribution >= 0.6 is 0 Å². The van der Waals surface area contributed by atoms with Crippen LogP contribution in [-0.2, 0) is 9.53 Å². The highest BCUT2D eigenvalue weighted by Gasteiger charge is 2.19. The van der Waals surface area contributed by atoms with Gasteiger partial charge in [-0.15, -0.1) is 0 Å². The molecule has 3 heteroatoms. The lowest BCUT2D eigenvalue weighted by atomic mass is 10.0. The van der Waals surface area contributed by atoms with E-state index in [0.29, 0.717) is 12.6 Å². The zero-order valence-corrected chi connectivity index (χ0v) is 8.58. The molecule has 76 valence electrons. The summed E-state index contributed by atoms with van der Waals surface area (Å²) in [5.41, 5.74) is 0. The largest absolute Gasteiger partial charge is 0.377 e. The summed E-state index contributed by atoms with van der Waals surface area (Å²) >= 11 is 0. The van der Waals surface area contributed by atoms with Crippen molar-refractivity contribution in [3.63, 3.8) is 0 Å². The molecule has 1 unspecified atom stereocenters. The topological polar surface area (TPSA) is 29.5 Å². The van der Waals surface area contributed by atoms with Crippen LogP contribution in [0.25, 0.3) is 0 Å². The lowest BCUT2D eigenvalue weighted by Crippen LogP contribution is -2.41. The van der Waals surface area contributed by atoms with Gasteiger partial charge in [0.1, 0.15) is 6.61 Å². The number of nitrogens with zero attached hydrogens (tertiary/aromatic N) is 1. The van der Waals surface area contributed by atoms with E-state index in [1.807, 2.05) is 0 Å². The fourth-order valence-corrected chi connectivity index (χ4v) is 1.83.